The quantitative estimate of drug-likeness (QED) is 0.642. The van der Waals surface area contributed by atoms with E-state index in [0.29, 0.717) is 6.54 Å². The van der Waals surface area contributed by atoms with Gasteiger partial charge < -0.3 is 16.2 Å². The molecule has 0 aliphatic rings. The van der Waals surface area contributed by atoms with Crippen LogP contribution in [0.15, 0.2) is 30.3 Å². The molecule has 17 heavy (non-hydrogen) atoms. The molecule has 5 heteroatoms. The maximum absolute atomic E-state index is 10.9. The minimum atomic E-state index is -0.970. The van der Waals surface area contributed by atoms with Crippen LogP contribution in [0.4, 0.5) is 0 Å². The second-order valence-corrected chi connectivity index (χ2v) is 3.76. The van der Waals surface area contributed by atoms with Gasteiger partial charge in [-0.3, -0.25) is 9.59 Å². The molecule has 0 spiro atoms. The van der Waals surface area contributed by atoms with E-state index in [2.05, 4.69) is 5.32 Å². The van der Waals surface area contributed by atoms with Crippen molar-refractivity contribution in [3.63, 3.8) is 0 Å². The van der Waals surface area contributed by atoms with Gasteiger partial charge in [-0.1, -0.05) is 30.3 Å². The van der Waals surface area contributed by atoms with Crippen molar-refractivity contribution >= 4 is 11.9 Å². The van der Waals surface area contributed by atoms with Crippen LogP contribution in [0.1, 0.15) is 18.4 Å². The van der Waals surface area contributed by atoms with Crippen molar-refractivity contribution < 1.29 is 14.7 Å². The molecule has 0 saturated carbocycles. The van der Waals surface area contributed by atoms with E-state index in [-0.39, 0.29) is 12.8 Å². The van der Waals surface area contributed by atoms with E-state index in [1.807, 2.05) is 30.3 Å². The maximum atomic E-state index is 10.9. The average Bonchev–Trinajstić information content (AvgIpc) is 2.29. The zero-order chi connectivity index (χ0) is 12.7. The lowest BCUT2D eigenvalue weighted by atomic mass is 10.1. The van der Waals surface area contributed by atoms with Crippen molar-refractivity contribution in [2.45, 2.75) is 25.4 Å². The highest BCUT2D eigenvalue weighted by Gasteiger charge is 2.17. The van der Waals surface area contributed by atoms with Crippen molar-refractivity contribution in [3.8, 4) is 0 Å². The van der Waals surface area contributed by atoms with E-state index in [0.717, 1.165) is 5.56 Å². The summed E-state index contributed by atoms with van der Waals surface area (Å²) in [7, 11) is 0. The number of benzene rings is 1. The van der Waals surface area contributed by atoms with E-state index in [4.69, 9.17) is 10.8 Å². The fourth-order valence-electron chi connectivity index (χ4n) is 1.44. The fraction of sp³-hybridized carbons (Fsp3) is 0.333. The van der Waals surface area contributed by atoms with Crippen LogP contribution in [0.2, 0.25) is 0 Å². The highest BCUT2D eigenvalue weighted by Crippen LogP contribution is 2.02. The molecular formula is C12H16N2O3. The van der Waals surface area contributed by atoms with Gasteiger partial charge in [0, 0.05) is 13.0 Å². The van der Waals surface area contributed by atoms with Gasteiger partial charge in [0.2, 0.25) is 5.91 Å². The smallest absolute Gasteiger partial charge is 0.320 e. The molecule has 1 aromatic carbocycles. The minimum absolute atomic E-state index is 0.0682. The average molecular weight is 236 g/mol. The van der Waals surface area contributed by atoms with Crippen LogP contribution < -0.4 is 11.1 Å². The largest absolute Gasteiger partial charge is 0.480 e. The number of primary amides is 1. The first-order chi connectivity index (χ1) is 8.09. The Morgan fingerprint density at radius 2 is 1.94 bits per heavy atom. The van der Waals surface area contributed by atoms with E-state index in [9.17, 15) is 9.59 Å². The molecule has 1 aromatic rings. The predicted octanol–water partition coefficient (Wildman–Crippen LogP) is 0.495. The van der Waals surface area contributed by atoms with Crippen LogP contribution in [0.5, 0.6) is 0 Å². The number of carbonyl (C=O) groups is 2. The number of rotatable bonds is 7. The summed E-state index contributed by atoms with van der Waals surface area (Å²) >= 11 is 0. The molecule has 0 bridgehead atoms. The van der Waals surface area contributed by atoms with Crippen molar-refractivity contribution in [2.24, 2.45) is 5.73 Å². The standard InChI is InChI=1S/C12H16N2O3/c13-11(15)7-6-10(12(16)17)14-8-9-4-2-1-3-5-9/h1-5,10,14H,6-8H2,(H2,13,15)(H,16,17)/t10-/m1/s1. The lowest BCUT2D eigenvalue weighted by molar-refractivity contribution is -0.139. The van der Waals surface area contributed by atoms with Crippen molar-refractivity contribution in [1.29, 1.82) is 0 Å². The molecule has 0 fully saturated rings. The third-order valence-electron chi connectivity index (χ3n) is 2.37. The topological polar surface area (TPSA) is 92.4 Å². The number of nitrogens with two attached hydrogens (primary N) is 1. The summed E-state index contributed by atoms with van der Waals surface area (Å²) in [5, 5.41) is 11.8. The van der Waals surface area contributed by atoms with E-state index < -0.39 is 17.9 Å². The molecule has 1 rings (SSSR count). The summed E-state index contributed by atoms with van der Waals surface area (Å²) in [4.78, 5) is 21.5. The van der Waals surface area contributed by atoms with Crippen LogP contribution in [0.25, 0.3) is 0 Å². The van der Waals surface area contributed by atoms with Gasteiger partial charge in [0.1, 0.15) is 6.04 Å². The summed E-state index contributed by atoms with van der Waals surface area (Å²) in [5.74, 6) is -1.46. The molecule has 92 valence electrons. The van der Waals surface area contributed by atoms with Gasteiger partial charge in [-0.15, -0.1) is 0 Å². The summed E-state index contributed by atoms with van der Waals surface area (Å²) < 4.78 is 0. The summed E-state index contributed by atoms with van der Waals surface area (Å²) in [5.41, 5.74) is 5.99. The second-order valence-electron chi connectivity index (χ2n) is 3.76. The molecule has 1 amide bonds. The third-order valence-corrected chi connectivity index (χ3v) is 2.37. The Balaban J connectivity index is 2.45. The number of hydrogen-bond donors (Lipinski definition) is 3. The zero-order valence-electron chi connectivity index (χ0n) is 9.43. The van der Waals surface area contributed by atoms with Crippen molar-refractivity contribution in [1.82, 2.24) is 5.32 Å². The number of carboxylic acid groups (broad SMARTS) is 1. The molecule has 0 aromatic heterocycles. The molecule has 0 heterocycles. The highest BCUT2D eigenvalue weighted by atomic mass is 16.4. The molecule has 0 saturated heterocycles. The second kappa shape index (κ2) is 6.65. The summed E-state index contributed by atoms with van der Waals surface area (Å²) in [6.07, 6.45) is 0.274. The Hall–Kier alpha value is -1.88. The molecule has 5 nitrogen and oxygen atoms in total. The van der Waals surface area contributed by atoms with Gasteiger partial charge >= 0.3 is 5.97 Å². The molecular weight excluding hydrogens is 220 g/mol. The van der Waals surface area contributed by atoms with Gasteiger partial charge in [0.25, 0.3) is 0 Å². The van der Waals surface area contributed by atoms with Crippen LogP contribution >= 0.6 is 0 Å². The molecule has 0 radical (unpaired) electrons. The van der Waals surface area contributed by atoms with Crippen LogP contribution in [0, 0.1) is 0 Å². The zero-order valence-corrected chi connectivity index (χ0v) is 9.43. The monoisotopic (exact) mass is 236 g/mol. The van der Waals surface area contributed by atoms with Gasteiger partial charge in [-0.25, -0.2) is 0 Å². The Morgan fingerprint density at radius 3 is 2.47 bits per heavy atom. The summed E-state index contributed by atoms with van der Waals surface area (Å²) in [6, 6.07) is 8.72. The van der Waals surface area contributed by atoms with Crippen molar-refractivity contribution in [3.05, 3.63) is 35.9 Å². The molecule has 1 atom stereocenters. The highest BCUT2D eigenvalue weighted by molar-refractivity contribution is 5.77. The number of hydrogen-bond acceptors (Lipinski definition) is 3. The van der Waals surface area contributed by atoms with Crippen molar-refractivity contribution in [2.75, 3.05) is 0 Å². The van der Waals surface area contributed by atoms with E-state index >= 15 is 0 Å². The van der Waals surface area contributed by atoms with Crippen LogP contribution in [-0.2, 0) is 16.1 Å². The summed E-state index contributed by atoms with van der Waals surface area (Å²) in [6.45, 7) is 0.455. The fourth-order valence-corrected chi connectivity index (χ4v) is 1.44. The van der Waals surface area contributed by atoms with Gasteiger partial charge in [0.15, 0.2) is 0 Å². The number of carbonyl (C=O) groups excluding carboxylic acids is 1. The van der Waals surface area contributed by atoms with E-state index in [1.165, 1.54) is 0 Å². The first kappa shape index (κ1) is 13.2. The third kappa shape index (κ3) is 5.12. The first-order valence-corrected chi connectivity index (χ1v) is 5.38. The Kier molecular flexibility index (Phi) is 5.16. The SMILES string of the molecule is NC(=O)CC[C@@H](NCc1ccccc1)C(=O)O. The Labute approximate surface area is 99.6 Å². The van der Waals surface area contributed by atoms with Crippen LogP contribution in [-0.4, -0.2) is 23.0 Å². The maximum Gasteiger partial charge on any atom is 0.320 e. The van der Waals surface area contributed by atoms with Gasteiger partial charge in [-0.2, -0.15) is 0 Å². The molecule has 4 N–H and O–H groups in total. The Bertz CT molecular complexity index is 379. The number of aliphatic carboxylic acids is 1. The van der Waals surface area contributed by atoms with Crippen LogP contribution in [0.3, 0.4) is 0 Å². The van der Waals surface area contributed by atoms with Gasteiger partial charge in [0.05, 0.1) is 0 Å². The lowest BCUT2D eigenvalue weighted by Crippen LogP contribution is -2.37. The molecule has 0 aliphatic heterocycles. The normalized spacial score (nSPS) is 12.0. The Morgan fingerprint density at radius 1 is 1.29 bits per heavy atom. The lowest BCUT2D eigenvalue weighted by Gasteiger charge is -2.13. The van der Waals surface area contributed by atoms with Gasteiger partial charge in [-0.05, 0) is 12.0 Å². The first-order valence-electron chi connectivity index (χ1n) is 5.38. The number of amides is 1. The van der Waals surface area contributed by atoms with E-state index in [1.54, 1.807) is 0 Å². The number of nitrogens with one attached hydrogen (secondary N) is 1. The number of carboxylic acids is 1. The minimum Gasteiger partial charge on any atom is -0.480 e. The predicted molar refractivity (Wildman–Crippen MR) is 63.1 cm³/mol. The molecule has 0 unspecified atom stereocenters. The molecule has 0 aliphatic carbocycles.